The van der Waals surface area contributed by atoms with Crippen molar-refractivity contribution in [2.45, 2.75) is 25.7 Å². The first kappa shape index (κ1) is 23.3. The van der Waals surface area contributed by atoms with Gasteiger partial charge < -0.3 is 23.7 Å². The van der Waals surface area contributed by atoms with E-state index in [2.05, 4.69) is 24.3 Å². The minimum absolute atomic E-state index is 0.735. The van der Waals surface area contributed by atoms with Crippen LogP contribution in [0.2, 0.25) is 0 Å². The fourth-order valence-corrected chi connectivity index (χ4v) is 3.81. The summed E-state index contributed by atoms with van der Waals surface area (Å²) < 4.78 is 27.3. The zero-order valence-electron chi connectivity index (χ0n) is 19.6. The largest absolute Gasteiger partial charge is 0.497 e. The molecule has 3 rings (SSSR count). The molecule has 3 aromatic rings. The second-order valence-electron chi connectivity index (χ2n) is 7.51. The minimum Gasteiger partial charge on any atom is -0.497 e. The molecule has 0 aromatic heterocycles. The van der Waals surface area contributed by atoms with Gasteiger partial charge in [-0.05, 0) is 78.3 Å². The van der Waals surface area contributed by atoms with Crippen LogP contribution in [-0.2, 0) is 25.7 Å². The molecule has 3 aromatic carbocycles. The predicted molar refractivity (Wildman–Crippen MR) is 127 cm³/mol. The number of aryl methyl sites for hydroxylation is 4. The third kappa shape index (κ3) is 5.67. The van der Waals surface area contributed by atoms with Gasteiger partial charge in [0.25, 0.3) is 0 Å². The molecule has 0 N–H and O–H groups in total. The Labute approximate surface area is 190 Å². The highest BCUT2D eigenvalue weighted by Gasteiger charge is 2.13. The van der Waals surface area contributed by atoms with Crippen molar-refractivity contribution < 1.29 is 23.7 Å². The molecule has 0 heterocycles. The molecular formula is C27H32O5. The molecule has 0 aliphatic carbocycles. The molecule has 32 heavy (non-hydrogen) atoms. The van der Waals surface area contributed by atoms with Crippen LogP contribution in [0.1, 0.15) is 22.3 Å². The maximum absolute atomic E-state index is 5.66. The molecule has 0 bridgehead atoms. The molecule has 0 atom stereocenters. The van der Waals surface area contributed by atoms with Crippen molar-refractivity contribution in [2.75, 3.05) is 35.5 Å². The van der Waals surface area contributed by atoms with Gasteiger partial charge in [0.1, 0.15) is 17.2 Å². The zero-order valence-corrected chi connectivity index (χ0v) is 19.6. The highest BCUT2D eigenvalue weighted by Crippen LogP contribution is 2.32. The number of ether oxygens (including phenoxy) is 5. The lowest BCUT2D eigenvalue weighted by Crippen LogP contribution is -2.02. The number of benzene rings is 3. The third-order valence-electron chi connectivity index (χ3n) is 5.66. The van der Waals surface area contributed by atoms with Crippen molar-refractivity contribution in [1.29, 1.82) is 0 Å². The van der Waals surface area contributed by atoms with Crippen LogP contribution in [0.15, 0.2) is 54.6 Å². The average molecular weight is 437 g/mol. The molecule has 0 saturated carbocycles. The molecule has 5 heteroatoms. The molecule has 0 spiro atoms. The maximum atomic E-state index is 5.66. The second-order valence-corrected chi connectivity index (χ2v) is 7.51. The summed E-state index contributed by atoms with van der Waals surface area (Å²) in [5.74, 6) is 4.04. The van der Waals surface area contributed by atoms with E-state index in [9.17, 15) is 0 Å². The highest BCUT2D eigenvalue weighted by molar-refractivity contribution is 5.48. The highest BCUT2D eigenvalue weighted by atomic mass is 16.5. The fourth-order valence-electron chi connectivity index (χ4n) is 3.81. The quantitative estimate of drug-likeness (QED) is 0.408. The van der Waals surface area contributed by atoms with Crippen LogP contribution in [0.4, 0.5) is 0 Å². The van der Waals surface area contributed by atoms with Gasteiger partial charge in [0.05, 0.1) is 35.5 Å². The van der Waals surface area contributed by atoms with Crippen LogP contribution >= 0.6 is 0 Å². The van der Waals surface area contributed by atoms with E-state index in [1.807, 2.05) is 30.3 Å². The summed E-state index contributed by atoms with van der Waals surface area (Å²) in [6.07, 6.45) is 3.50. The Balaban J connectivity index is 1.77. The van der Waals surface area contributed by atoms with Crippen molar-refractivity contribution in [2.24, 2.45) is 0 Å². The summed E-state index contributed by atoms with van der Waals surface area (Å²) in [4.78, 5) is 0. The van der Waals surface area contributed by atoms with Crippen LogP contribution in [0.25, 0.3) is 0 Å². The monoisotopic (exact) mass is 436 g/mol. The molecular weight excluding hydrogens is 404 g/mol. The van der Waals surface area contributed by atoms with E-state index in [1.54, 1.807) is 35.5 Å². The summed E-state index contributed by atoms with van der Waals surface area (Å²) in [6.45, 7) is 0. The van der Waals surface area contributed by atoms with Gasteiger partial charge in [-0.1, -0.05) is 18.2 Å². The van der Waals surface area contributed by atoms with Crippen molar-refractivity contribution >= 4 is 0 Å². The normalized spacial score (nSPS) is 10.5. The molecule has 0 amide bonds. The number of methoxy groups -OCH3 is 5. The first-order valence-corrected chi connectivity index (χ1v) is 10.7. The van der Waals surface area contributed by atoms with Crippen molar-refractivity contribution in [3.63, 3.8) is 0 Å². The van der Waals surface area contributed by atoms with Crippen molar-refractivity contribution in [3.05, 3.63) is 76.9 Å². The Morgan fingerprint density at radius 1 is 0.438 bits per heavy atom. The second kappa shape index (κ2) is 11.3. The van der Waals surface area contributed by atoms with Gasteiger partial charge in [-0.2, -0.15) is 0 Å². The maximum Gasteiger partial charge on any atom is 0.160 e. The lowest BCUT2D eigenvalue weighted by molar-refractivity contribution is 0.354. The van der Waals surface area contributed by atoms with Crippen LogP contribution < -0.4 is 23.7 Å². The number of rotatable bonds is 11. The summed E-state index contributed by atoms with van der Waals surface area (Å²) >= 11 is 0. The Morgan fingerprint density at radius 3 is 1.50 bits per heavy atom. The molecule has 0 fully saturated rings. The van der Waals surface area contributed by atoms with E-state index < -0.39 is 0 Å². The molecule has 0 saturated heterocycles. The molecule has 170 valence electrons. The van der Waals surface area contributed by atoms with Crippen LogP contribution in [-0.4, -0.2) is 35.5 Å². The summed E-state index contributed by atoms with van der Waals surface area (Å²) in [5, 5.41) is 0. The lowest BCUT2D eigenvalue weighted by atomic mass is 9.97. The summed E-state index contributed by atoms with van der Waals surface area (Å²) in [7, 11) is 8.39. The van der Waals surface area contributed by atoms with Gasteiger partial charge in [0, 0.05) is 6.07 Å². The van der Waals surface area contributed by atoms with E-state index >= 15 is 0 Å². The number of hydrogen-bond donors (Lipinski definition) is 0. The first-order chi connectivity index (χ1) is 15.6. The fraction of sp³-hybridized carbons (Fsp3) is 0.333. The topological polar surface area (TPSA) is 46.2 Å². The SMILES string of the molecule is COc1ccc(CCc2cc(CCc3ccc(OC)c(OC)c3)c(OC)cc2OC)cc1. The molecule has 0 radical (unpaired) electrons. The molecule has 0 aliphatic rings. The van der Waals surface area contributed by atoms with Gasteiger partial charge >= 0.3 is 0 Å². The van der Waals surface area contributed by atoms with Gasteiger partial charge in [-0.3, -0.25) is 0 Å². The van der Waals surface area contributed by atoms with E-state index in [0.29, 0.717) is 0 Å². The van der Waals surface area contributed by atoms with E-state index in [4.69, 9.17) is 23.7 Å². The van der Waals surface area contributed by atoms with Gasteiger partial charge in [0.15, 0.2) is 11.5 Å². The minimum atomic E-state index is 0.735. The first-order valence-electron chi connectivity index (χ1n) is 10.7. The summed E-state index contributed by atoms with van der Waals surface area (Å²) in [6, 6.07) is 18.4. The average Bonchev–Trinajstić information content (AvgIpc) is 2.85. The van der Waals surface area contributed by atoms with E-state index in [0.717, 1.165) is 60.0 Å². The Morgan fingerprint density at radius 2 is 0.969 bits per heavy atom. The number of hydrogen-bond acceptors (Lipinski definition) is 5. The van der Waals surface area contributed by atoms with Crippen molar-refractivity contribution in [1.82, 2.24) is 0 Å². The van der Waals surface area contributed by atoms with E-state index in [1.165, 1.54) is 16.7 Å². The Kier molecular flexibility index (Phi) is 8.26. The Bertz CT molecular complexity index is 1010. The smallest absolute Gasteiger partial charge is 0.160 e. The predicted octanol–water partition coefficient (Wildman–Crippen LogP) is 5.30. The summed E-state index contributed by atoms with van der Waals surface area (Å²) in [5.41, 5.74) is 4.77. The van der Waals surface area contributed by atoms with Gasteiger partial charge in [0.2, 0.25) is 0 Å². The van der Waals surface area contributed by atoms with Crippen LogP contribution in [0.5, 0.6) is 28.7 Å². The molecule has 0 aliphatic heterocycles. The van der Waals surface area contributed by atoms with Gasteiger partial charge in [-0.15, -0.1) is 0 Å². The van der Waals surface area contributed by atoms with E-state index in [-0.39, 0.29) is 0 Å². The van der Waals surface area contributed by atoms with Crippen LogP contribution in [0, 0.1) is 0 Å². The van der Waals surface area contributed by atoms with Gasteiger partial charge in [-0.25, -0.2) is 0 Å². The molecule has 5 nitrogen and oxygen atoms in total. The van der Waals surface area contributed by atoms with Crippen molar-refractivity contribution in [3.8, 4) is 28.7 Å². The van der Waals surface area contributed by atoms with Crippen LogP contribution in [0.3, 0.4) is 0 Å². The Hall–Kier alpha value is -3.34. The molecule has 0 unspecified atom stereocenters. The zero-order chi connectivity index (χ0) is 22.9. The third-order valence-corrected chi connectivity index (χ3v) is 5.66. The lowest BCUT2D eigenvalue weighted by Gasteiger charge is -2.16. The standard InChI is InChI=1S/C27H32O5/c1-28-23-13-8-19(9-14-23)6-11-21-17-22(26(31-4)18-25(21)30-3)12-7-20-10-15-24(29-2)27(16-20)32-5/h8-10,13-18H,6-7,11-12H2,1-5H3.